The van der Waals surface area contributed by atoms with E-state index in [9.17, 15) is 9.90 Å². The SMILES string of the molecule is O=C([O-])c1ccc2cc(N3CCCCC3)ccc2c1. The predicted octanol–water partition coefficient (Wildman–Crippen LogP) is 2.19. The van der Waals surface area contributed by atoms with E-state index in [4.69, 9.17) is 0 Å². The number of carboxylic acid groups (broad SMARTS) is 1. The summed E-state index contributed by atoms with van der Waals surface area (Å²) in [5.74, 6) is -1.12. The Balaban J connectivity index is 1.97. The van der Waals surface area contributed by atoms with E-state index in [1.165, 1.54) is 24.9 Å². The van der Waals surface area contributed by atoms with Crippen LogP contribution in [-0.4, -0.2) is 19.1 Å². The fourth-order valence-electron chi connectivity index (χ4n) is 2.71. The van der Waals surface area contributed by atoms with Gasteiger partial charge in [0, 0.05) is 18.8 Å². The molecule has 2 aromatic rings. The van der Waals surface area contributed by atoms with Crippen LogP contribution in [0.1, 0.15) is 29.6 Å². The van der Waals surface area contributed by atoms with Crippen LogP contribution in [0.3, 0.4) is 0 Å². The van der Waals surface area contributed by atoms with Gasteiger partial charge in [0.15, 0.2) is 0 Å². The van der Waals surface area contributed by atoms with E-state index < -0.39 is 5.97 Å². The summed E-state index contributed by atoms with van der Waals surface area (Å²) in [7, 11) is 0. The quantitative estimate of drug-likeness (QED) is 0.825. The van der Waals surface area contributed by atoms with Gasteiger partial charge in [0.1, 0.15) is 0 Å². The zero-order valence-corrected chi connectivity index (χ0v) is 10.8. The number of benzene rings is 2. The number of piperidine rings is 1. The van der Waals surface area contributed by atoms with Crippen LogP contribution in [0.5, 0.6) is 0 Å². The van der Waals surface area contributed by atoms with Crippen LogP contribution in [0.15, 0.2) is 36.4 Å². The van der Waals surface area contributed by atoms with Crippen LogP contribution in [0, 0.1) is 0 Å². The summed E-state index contributed by atoms with van der Waals surface area (Å²) in [6.07, 6.45) is 3.82. The molecule has 0 N–H and O–H groups in total. The third kappa shape index (κ3) is 2.41. The van der Waals surface area contributed by atoms with Gasteiger partial charge in [-0.3, -0.25) is 0 Å². The molecular formula is C16H16NO2-. The monoisotopic (exact) mass is 254 g/mol. The lowest BCUT2D eigenvalue weighted by molar-refractivity contribution is -0.255. The van der Waals surface area contributed by atoms with Gasteiger partial charge in [-0.05, 0) is 53.8 Å². The van der Waals surface area contributed by atoms with E-state index in [1.54, 1.807) is 12.1 Å². The van der Waals surface area contributed by atoms with Gasteiger partial charge >= 0.3 is 0 Å². The number of anilines is 1. The molecule has 2 aromatic carbocycles. The second-order valence-electron chi connectivity index (χ2n) is 5.08. The van der Waals surface area contributed by atoms with Crippen molar-refractivity contribution in [1.29, 1.82) is 0 Å². The maximum atomic E-state index is 10.8. The lowest BCUT2D eigenvalue weighted by Gasteiger charge is -2.29. The number of fused-ring (bicyclic) bond motifs is 1. The first-order chi connectivity index (χ1) is 9.24. The maximum Gasteiger partial charge on any atom is 0.0715 e. The Hall–Kier alpha value is -2.03. The van der Waals surface area contributed by atoms with E-state index in [0.29, 0.717) is 0 Å². The van der Waals surface area contributed by atoms with Crippen molar-refractivity contribution < 1.29 is 9.90 Å². The van der Waals surface area contributed by atoms with Crippen LogP contribution in [0.2, 0.25) is 0 Å². The highest BCUT2D eigenvalue weighted by molar-refractivity contribution is 5.94. The first-order valence-corrected chi connectivity index (χ1v) is 6.74. The highest BCUT2D eigenvalue weighted by atomic mass is 16.4. The number of carbonyl (C=O) groups excluding carboxylic acids is 1. The van der Waals surface area contributed by atoms with E-state index in [1.807, 2.05) is 12.1 Å². The molecule has 0 amide bonds. The van der Waals surface area contributed by atoms with Gasteiger partial charge in [-0.25, -0.2) is 0 Å². The molecule has 1 aliphatic rings. The second kappa shape index (κ2) is 4.92. The standard InChI is InChI=1S/C16H17NO2/c18-16(19)14-5-4-13-11-15(7-6-12(13)10-14)17-8-2-1-3-9-17/h4-7,10-11H,1-3,8-9H2,(H,18,19)/p-1. The molecule has 1 saturated heterocycles. The average Bonchev–Trinajstić information content (AvgIpc) is 2.47. The fraction of sp³-hybridized carbons (Fsp3) is 0.312. The van der Waals surface area contributed by atoms with Crippen molar-refractivity contribution in [3.8, 4) is 0 Å². The highest BCUT2D eigenvalue weighted by Gasteiger charge is 2.11. The first-order valence-electron chi connectivity index (χ1n) is 6.74. The Morgan fingerprint density at radius 3 is 2.37 bits per heavy atom. The molecule has 0 atom stereocenters. The van der Waals surface area contributed by atoms with E-state index >= 15 is 0 Å². The van der Waals surface area contributed by atoms with Gasteiger partial charge < -0.3 is 14.8 Å². The zero-order valence-electron chi connectivity index (χ0n) is 10.8. The Morgan fingerprint density at radius 2 is 1.63 bits per heavy atom. The smallest absolute Gasteiger partial charge is 0.0715 e. The molecule has 0 radical (unpaired) electrons. The molecule has 0 aliphatic carbocycles. The number of hydrogen-bond donors (Lipinski definition) is 0. The molecule has 98 valence electrons. The molecule has 19 heavy (non-hydrogen) atoms. The molecule has 3 nitrogen and oxygen atoms in total. The van der Waals surface area contributed by atoms with Gasteiger partial charge in [-0.15, -0.1) is 0 Å². The van der Waals surface area contributed by atoms with Crippen molar-refractivity contribution in [3.63, 3.8) is 0 Å². The van der Waals surface area contributed by atoms with Gasteiger partial charge in [0.05, 0.1) is 5.97 Å². The number of nitrogens with zero attached hydrogens (tertiary/aromatic N) is 1. The largest absolute Gasteiger partial charge is 0.545 e. The van der Waals surface area contributed by atoms with Gasteiger partial charge in [0.2, 0.25) is 0 Å². The Bertz CT molecular complexity index is 615. The predicted molar refractivity (Wildman–Crippen MR) is 74.3 cm³/mol. The molecule has 0 saturated carbocycles. The lowest BCUT2D eigenvalue weighted by Crippen LogP contribution is -2.29. The van der Waals surface area contributed by atoms with Crippen LogP contribution >= 0.6 is 0 Å². The molecule has 0 unspecified atom stereocenters. The summed E-state index contributed by atoms with van der Waals surface area (Å²) in [6.45, 7) is 2.23. The second-order valence-corrected chi connectivity index (χ2v) is 5.08. The number of carbonyl (C=O) groups is 1. The van der Waals surface area contributed by atoms with Crippen molar-refractivity contribution in [3.05, 3.63) is 42.0 Å². The molecule has 0 spiro atoms. The van der Waals surface area contributed by atoms with Crippen LogP contribution in [-0.2, 0) is 0 Å². The van der Waals surface area contributed by atoms with Gasteiger partial charge in [-0.2, -0.15) is 0 Å². The first kappa shape index (κ1) is 12.0. The Morgan fingerprint density at radius 1 is 0.947 bits per heavy atom. The van der Waals surface area contributed by atoms with Crippen molar-refractivity contribution >= 4 is 22.4 Å². The minimum absolute atomic E-state index is 0.234. The maximum absolute atomic E-state index is 10.8. The Labute approximate surface area is 112 Å². The summed E-state index contributed by atoms with van der Waals surface area (Å²) in [5.41, 5.74) is 1.46. The molecular weight excluding hydrogens is 238 g/mol. The molecule has 3 heteroatoms. The topological polar surface area (TPSA) is 43.4 Å². The minimum Gasteiger partial charge on any atom is -0.545 e. The molecule has 0 bridgehead atoms. The summed E-state index contributed by atoms with van der Waals surface area (Å²) >= 11 is 0. The number of rotatable bonds is 2. The molecule has 1 fully saturated rings. The van der Waals surface area contributed by atoms with Crippen molar-refractivity contribution in [2.75, 3.05) is 18.0 Å². The summed E-state index contributed by atoms with van der Waals surface area (Å²) < 4.78 is 0. The van der Waals surface area contributed by atoms with E-state index in [0.717, 1.165) is 23.9 Å². The third-order valence-electron chi connectivity index (χ3n) is 3.78. The van der Waals surface area contributed by atoms with Crippen molar-refractivity contribution in [1.82, 2.24) is 0 Å². The molecule has 0 aromatic heterocycles. The molecule has 1 aliphatic heterocycles. The molecule has 3 rings (SSSR count). The van der Waals surface area contributed by atoms with Crippen LogP contribution < -0.4 is 10.0 Å². The number of carboxylic acids is 1. The number of hydrogen-bond acceptors (Lipinski definition) is 3. The molecule has 1 heterocycles. The fourth-order valence-corrected chi connectivity index (χ4v) is 2.71. The average molecular weight is 254 g/mol. The lowest BCUT2D eigenvalue weighted by atomic mass is 10.0. The third-order valence-corrected chi connectivity index (χ3v) is 3.78. The summed E-state index contributed by atoms with van der Waals surface area (Å²) in [4.78, 5) is 13.2. The highest BCUT2D eigenvalue weighted by Crippen LogP contribution is 2.25. The van der Waals surface area contributed by atoms with Gasteiger partial charge in [-0.1, -0.05) is 18.2 Å². The van der Waals surface area contributed by atoms with E-state index in [-0.39, 0.29) is 5.56 Å². The van der Waals surface area contributed by atoms with Crippen molar-refractivity contribution in [2.24, 2.45) is 0 Å². The zero-order chi connectivity index (χ0) is 13.2. The number of aromatic carboxylic acids is 1. The minimum atomic E-state index is -1.12. The summed E-state index contributed by atoms with van der Waals surface area (Å²) in [5, 5.41) is 12.9. The van der Waals surface area contributed by atoms with Crippen LogP contribution in [0.4, 0.5) is 5.69 Å². The van der Waals surface area contributed by atoms with Crippen molar-refractivity contribution in [2.45, 2.75) is 19.3 Å². The Kier molecular flexibility index (Phi) is 3.11. The van der Waals surface area contributed by atoms with Gasteiger partial charge in [0.25, 0.3) is 0 Å². The van der Waals surface area contributed by atoms with E-state index in [2.05, 4.69) is 17.0 Å². The summed E-state index contributed by atoms with van der Waals surface area (Å²) in [6, 6.07) is 11.3. The normalized spacial score (nSPS) is 15.7. The van der Waals surface area contributed by atoms with Crippen LogP contribution in [0.25, 0.3) is 10.8 Å².